The molecule has 1 rings (SSSR count). The summed E-state index contributed by atoms with van der Waals surface area (Å²) in [6.45, 7) is 5.82. The lowest BCUT2D eigenvalue weighted by molar-refractivity contribution is 0.221. The summed E-state index contributed by atoms with van der Waals surface area (Å²) in [5, 5.41) is 0. The molecule has 14 heavy (non-hydrogen) atoms. The van der Waals surface area contributed by atoms with E-state index >= 15 is 0 Å². The summed E-state index contributed by atoms with van der Waals surface area (Å²) in [5.41, 5.74) is 6.17. The minimum Gasteiger partial charge on any atom is -0.330 e. The van der Waals surface area contributed by atoms with Gasteiger partial charge in [-0.2, -0.15) is 0 Å². The van der Waals surface area contributed by atoms with Crippen molar-refractivity contribution in [3.8, 4) is 0 Å². The van der Waals surface area contributed by atoms with Crippen molar-refractivity contribution in [3.05, 3.63) is 35.4 Å². The Hall–Kier alpha value is -0.890. The lowest BCUT2D eigenvalue weighted by atomic mass is 9.95. The topological polar surface area (TPSA) is 26.0 Å². The third-order valence-electron chi connectivity index (χ3n) is 2.52. The van der Waals surface area contributed by atoms with Gasteiger partial charge in [-0.1, -0.05) is 31.2 Å². The molecule has 1 unspecified atom stereocenters. The van der Waals surface area contributed by atoms with Gasteiger partial charge in [0.2, 0.25) is 0 Å². The lowest BCUT2D eigenvalue weighted by Gasteiger charge is -2.16. The Bertz CT molecular complexity index is 284. The lowest BCUT2D eigenvalue weighted by Crippen LogP contribution is -2.11. The third kappa shape index (κ3) is 2.55. The maximum absolute atomic E-state index is 13.5. The van der Waals surface area contributed by atoms with Gasteiger partial charge in [0.25, 0.3) is 0 Å². The standard InChI is InChI=1S/C12H18FN/c1-9(8-14)10-4-6-11(7-5-10)12(2,3)13/h4-7,9H,8,14H2,1-3H3. The van der Waals surface area contributed by atoms with Gasteiger partial charge in [-0.05, 0) is 37.4 Å². The Morgan fingerprint density at radius 3 is 2.14 bits per heavy atom. The summed E-state index contributed by atoms with van der Waals surface area (Å²) in [5.74, 6) is 0.340. The van der Waals surface area contributed by atoms with Crippen LogP contribution in [0.4, 0.5) is 4.39 Å². The Balaban J connectivity index is 2.89. The van der Waals surface area contributed by atoms with Crippen LogP contribution in [0, 0.1) is 0 Å². The zero-order chi connectivity index (χ0) is 10.8. The second-order valence-electron chi connectivity index (χ2n) is 4.23. The van der Waals surface area contributed by atoms with E-state index in [1.165, 1.54) is 5.56 Å². The first-order valence-corrected chi connectivity index (χ1v) is 4.94. The van der Waals surface area contributed by atoms with Gasteiger partial charge in [0.1, 0.15) is 5.67 Å². The molecular weight excluding hydrogens is 177 g/mol. The fourth-order valence-electron chi connectivity index (χ4n) is 1.34. The van der Waals surface area contributed by atoms with Gasteiger partial charge in [0, 0.05) is 0 Å². The average molecular weight is 195 g/mol. The quantitative estimate of drug-likeness (QED) is 0.788. The third-order valence-corrected chi connectivity index (χ3v) is 2.52. The van der Waals surface area contributed by atoms with Gasteiger partial charge in [-0.25, -0.2) is 4.39 Å². The predicted molar refractivity (Wildman–Crippen MR) is 58.0 cm³/mol. The highest BCUT2D eigenvalue weighted by Crippen LogP contribution is 2.25. The molecule has 0 radical (unpaired) electrons. The number of hydrogen-bond acceptors (Lipinski definition) is 1. The number of hydrogen-bond donors (Lipinski definition) is 1. The summed E-state index contributed by atoms with van der Waals surface area (Å²) in [4.78, 5) is 0. The summed E-state index contributed by atoms with van der Waals surface area (Å²) >= 11 is 0. The van der Waals surface area contributed by atoms with Crippen LogP contribution in [0.15, 0.2) is 24.3 Å². The number of benzene rings is 1. The normalized spacial score (nSPS) is 14.1. The van der Waals surface area contributed by atoms with E-state index in [-0.39, 0.29) is 0 Å². The maximum atomic E-state index is 13.5. The first-order chi connectivity index (χ1) is 6.45. The van der Waals surface area contributed by atoms with E-state index in [1.54, 1.807) is 13.8 Å². The second kappa shape index (κ2) is 4.09. The first kappa shape index (κ1) is 11.2. The van der Waals surface area contributed by atoms with Crippen LogP contribution in [0.3, 0.4) is 0 Å². The van der Waals surface area contributed by atoms with E-state index < -0.39 is 5.67 Å². The van der Waals surface area contributed by atoms with Gasteiger partial charge < -0.3 is 5.73 Å². The molecule has 0 bridgehead atoms. The second-order valence-corrected chi connectivity index (χ2v) is 4.23. The SMILES string of the molecule is CC(CN)c1ccc(C(C)(C)F)cc1. The highest BCUT2D eigenvalue weighted by Gasteiger charge is 2.18. The van der Waals surface area contributed by atoms with E-state index in [4.69, 9.17) is 5.73 Å². The molecule has 0 heterocycles. The first-order valence-electron chi connectivity index (χ1n) is 4.94. The summed E-state index contributed by atoms with van der Waals surface area (Å²) in [6.07, 6.45) is 0. The van der Waals surface area contributed by atoms with Crippen LogP contribution < -0.4 is 5.73 Å². The van der Waals surface area contributed by atoms with Crippen molar-refractivity contribution < 1.29 is 4.39 Å². The van der Waals surface area contributed by atoms with E-state index in [2.05, 4.69) is 6.92 Å². The van der Waals surface area contributed by atoms with Crippen LogP contribution in [-0.4, -0.2) is 6.54 Å². The maximum Gasteiger partial charge on any atom is 0.130 e. The summed E-state index contributed by atoms with van der Waals surface area (Å²) in [7, 11) is 0. The van der Waals surface area contributed by atoms with Crippen molar-refractivity contribution in [2.24, 2.45) is 5.73 Å². The summed E-state index contributed by atoms with van der Waals surface area (Å²) in [6, 6.07) is 7.57. The number of alkyl halides is 1. The molecule has 2 heteroatoms. The number of nitrogens with two attached hydrogens (primary N) is 1. The summed E-state index contributed by atoms with van der Waals surface area (Å²) < 4.78 is 13.5. The Kier molecular flexibility index (Phi) is 3.27. The number of halogens is 1. The molecule has 1 nitrogen and oxygen atoms in total. The van der Waals surface area contributed by atoms with Gasteiger partial charge in [-0.15, -0.1) is 0 Å². The number of rotatable bonds is 3. The highest BCUT2D eigenvalue weighted by molar-refractivity contribution is 5.28. The van der Waals surface area contributed by atoms with Gasteiger partial charge in [-0.3, -0.25) is 0 Å². The van der Waals surface area contributed by atoms with E-state index in [9.17, 15) is 4.39 Å². The highest BCUT2D eigenvalue weighted by atomic mass is 19.1. The molecule has 0 aromatic heterocycles. The van der Waals surface area contributed by atoms with Crippen molar-refractivity contribution in [3.63, 3.8) is 0 Å². The Morgan fingerprint density at radius 2 is 1.79 bits per heavy atom. The van der Waals surface area contributed by atoms with Gasteiger partial charge >= 0.3 is 0 Å². The van der Waals surface area contributed by atoms with Crippen molar-refractivity contribution >= 4 is 0 Å². The molecule has 2 N–H and O–H groups in total. The van der Waals surface area contributed by atoms with Crippen LogP contribution in [0.2, 0.25) is 0 Å². The van der Waals surface area contributed by atoms with E-state index in [1.807, 2.05) is 24.3 Å². The van der Waals surface area contributed by atoms with Crippen molar-refractivity contribution in [1.29, 1.82) is 0 Å². The van der Waals surface area contributed by atoms with Crippen LogP contribution in [0.1, 0.15) is 37.8 Å². The molecule has 0 amide bonds. The van der Waals surface area contributed by atoms with Crippen LogP contribution >= 0.6 is 0 Å². The zero-order valence-corrected chi connectivity index (χ0v) is 9.05. The fraction of sp³-hybridized carbons (Fsp3) is 0.500. The smallest absolute Gasteiger partial charge is 0.130 e. The molecule has 0 aliphatic carbocycles. The monoisotopic (exact) mass is 195 g/mol. The van der Waals surface area contributed by atoms with Crippen LogP contribution in [0.5, 0.6) is 0 Å². The zero-order valence-electron chi connectivity index (χ0n) is 9.05. The molecule has 0 saturated carbocycles. The van der Waals surface area contributed by atoms with Gasteiger partial charge in [0.05, 0.1) is 0 Å². The predicted octanol–water partition coefficient (Wildman–Crippen LogP) is 2.95. The van der Waals surface area contributed by atoms with Crippen molar-refractivity contribution in [1.82, 2.24) is 0 Å². The Morgan fingerprint density at radius 1 is 1.29 bits per heavy atom. The fourth-order valence-corrected chi connectivity index (χ4v) is 1.34. The molecule has 0 aliphatic rings. The van der Waals surface area contributed by atoms with Crippen molar-refractivity contribution in [2.75, 3.05) is 6.54 Å². The van der Waals surface area contributed by atoms with E-state index in [0.717, 1.165) is 0 Å². The van der Waals surface area contributed by atoms with Crippen molar-refractivity contribution in [2.45, 2.75) is 32.4 Å². The molecule has 0 saturated heterocycles. The Labute approximate surface area is 85.1 Å². The molecular formula is C12H18FN. The minimum atomic E-state index is -1.26. The minimum absolute atomic E-state index is 0.340. The molecule has 1 aromatic carbocycles. The van der Waals surface area contributed by atoms with Crippen LogP contribution in [0.25, 0.3) is 0 Å². The molecule has 1 aromatic rings. The van der Waals surface area contributed by atoms with Crippen LogP contribution in [-0.2, 0) is 5.67 Å². The molecule has 0 aliphatic heterocycles. The molecule has 0 spiro atoms. The van der Waals surface area contributed by atoms with E-state index in [0.29, 0.717) is 18.0 Å². The van der Waals surface area contributed by atoms with Gasteiger partial charge in [0.15, 0.2) is 0 Å². The molecule has 0 fully saturated rings. The average Bonchev–Trinajstić information content (AvgIpc) is 2.15. The largest absolute Gasteiger partial charge is 0.330 e. The molecule has 1 atom stereocenters. The molecule has 78 valence electrons.